The number of hydrogen-bond acceptors (Lipinski definition) is 5. The molecule has 1 N–H and O–H groups in total. The molecule has 2 aromatic rings. The van der Waals surface area contributed by atoms with Gasteiger partial charge in [-0.2, -0.15) is 0 Å². The summed E-state index contributed by atoms with van der Waals surface area (Å²) in [6, 6.07) is 12.8. The number of carbonyl (C=O) groups is 3. The van der Waals surface area contributed by atoms with Crippen molar-refractivity contribution in [3.63, 3.8) is 0 Å². The van der Waals surface area contributed by atoms with Gasteiger partial charge in [0.05, 0.1) is 13.0 Å². The summed E-state index contributed by atoms with van der Waals surface area (Å²) in [6.07, 6.45) is 0.0503. The third kappa shape index (κ3) is 4.93. The van der Waals surface area contributed by atoms with Crippen molar-refractivity contribution in [3.8, 4) is 5.75 Å². The lowest BCUT2D eigenvalue weighted by Gasteiger charge is -2.17. The molecule has 1 heterocycles. The van der Waals surface area contributed by atoms with Gasteiger partial charge >= 0.3 is 5.97 Å². The molecule has 29 heavy (non-hydrogen) atoms. The monoisotopic (exact) mass is 396 g/mol. The summed E-state index contributed by atoms with van der Waals surface area (Å²) in [5, 5.41) is 2.73. The maximum Gasteiger partial charge on any atom is 0.311 e. The van der Waals surface area contributed by atoms with Crippen molar-refractivity contribution in [1.82, 2.24) is 0 Å². The molecule has 2 amide bonds. The Morgan fingerprint density at radius 2 is 1.97 bits per heavy atom. The fourth-order valence-corrected chi connectivity index (χ4v) is 3.29. The quantitative estimate of drug-likeness (QED) is 0.759. The molecule has 0 saturated carbocycles. The van der Waals surface area contributed by atoms with Gasteiger partial charge in [-0.05, 0) is 37.6 Å². The van der Waals surface area contributed by atoms with Crippen molar-refractivity contribution in [2.24, 2.45) is 5.92 Å². The first kappa shape index (κ1) is 20.4. The number of carbonyl (C=O) groups excluding carboxylic acids is 3. The molecule has 0 aromatic heterocycles. The van der Waals surface area contributed by atoms with Gasteiger partial charge in [0.2, 0.25) is 5.91 Å². The van der Waals surface area contributed by atoms with E-state index >= 15 is 0 Å². The summed E-state index contributed by atoms with van der Waals surface area (Å²) >= 11 is 0. The zero-order valence-corrected chi connectivity index (χ0v) is 16.7. The van der Waals surface area contributed by atoms with Crippen LogP contribution in [0.25, 0.3) is 0 Å². The molecule has 1 atom stereocenters. The number of amides is 2. The number of rotatable bonds is 6. The molecule has 152 valence electrons. The highest BCUT2D eigenvalue weighted by atomic mass is 16.5. The van der Waals surface area contributed by atoms with Crippen molar-refractivity contribution in [3.05, 3.63) is 53.6 Å². The average Bonchev–Trinajstić information content (AvgIpc) is 3.10. The van der Waals surface area contributed by atoms with Crippen molar-refractivity contribution in [2.75, 3.05) is 30.5 Å². The normalized spacial score (nSPS) is 15.9. The summed E-state index contributed by atoms with van der Waals surface area (Å²) in [4.78, 5) is 38.3. The van der Waals surface area contributed by atoms with Crippen molar-refractivity contribution in [2.45, 2.75) is 20.3 Å². The fourth-order valence-electron chi connectivity index (χ4n) is 3.29. The second kappa shape index (κ2) is 8.77. The summed E-state index contributed by atoms with van der Waals surface area (Å²) in [5.41, 5.74) is 3.37. The summed E-state index contributed by atoms with van der Waals surface area (Å²) in [5.74, 6) is -1.12. The number of methoxy groups -OCH3 is 1. The summed E-state index contributed by atoms with van der Waals surface area (Å²) in [6.45, 7) is 3.68. The molecule has 1 aliphatic heterocycles. The number of nitrogens with one attached hydrogen (secondary N) is 1. The van der Waals surface area contributed by atoms with Crippen LogP contribution in [0.3, 0.4) is 0 Å². The standard InChI is InChI=1S/C22H24N2O5/c1-14-7-8-19(15(2)9-14)23-20(25)13-29-22(27)16-10-21(26)24(12-16)17-5-4-6-18(11-17)28-3/h4-9,11,16H,10,12-13H2,1-3H3,(H,23,25)/t16-/m0/s1. The number of hydrogen-bond donors (Lipinski definition) is 1. The van der Waals surface area contributed by atoms with Crippen LogP contribution in [0, 0.1) is 19.8 Å². The van der Waals surface area contributed by atoms with Gasteiger partial charge in [0.15, 0.2) is 6.61 Å². The first-order valence-corrected chi connectivity index (χ1v) is 9.35. The van der Waals surface area contributed by atoms with Crippen molar-refractivity contribution >= 4 is 29.2 Å². The van der Waals surface area contributed by atoms with E-state index in [0.29, 0.717) is 17.1 Å². The molecular formula is C22H24N2O5. The van der Waals surface area contributed by atoms with E-state index in [1.165, 1.54) is 4.90 Å². The first-order chi connectivity index (χ1) is 13.9. The number of aryl methyl sites for hydroxylation is 2. The lowest BCUT2D eigenvalue weighted by molar-refractivity contribution is -0.151. The largest absolute Gasteiger partial charge is 0.497 e. The van der Waals surface area contributed by atoms with Gasteiger partial charge in [-0.1, -0.05) is 23.8 Å². The van der Waals surface area contributed by atoms with Gasteiger partial charge in [-0.3, -0.25) is 14.4 Å². The van der Waals surface area contributed by atoms with E-state index in [2.05, 4.69) is 5.32 Å². The number of esters is 1. The maximum atomic E-state index is 12.4. The molecule has 0 radical (unpaired) electrons. The Hall–Kier alpha value is -3.35. The highest BCUT2D eigenvalue weighted by Gasteiger charge is 2.36. The van der Waals surface area contributed by atoms with Crippen molar-refractivity contribution < 1.29 is 23.9 Å². The van der Waals surface area contributed by atoms with E-state index in [9.17, 15) is 14.4 Å². The van der Waals surface area contributed by atoms with Crippen LogP contribution in [0.2, 0.25) is 0 Å². The zero-order valence-electron chi connectivity index (χ0n) is 16.7. The van der Waals surface area contributed by atoms with Crippen LogP contribution in [-0.4, -0.2) is 38.0 Å². The highest BCUT2D eigenvalue weighted by molar-refractivity contribution is 6.00. The molecule has 0 unspecified atom stereocenters. The lowest BCUT2D eigenvalue weighted by atomic mass is 10.1. The second-order valence-corrected chi connectivity index (χ2v) is 7.08. The zero-order chi connectivity index (χ0) is 21.0. The number of nitrogens with zero attached hydrogens (tertiary/aromatic N) is 1. The Labute approximate surface area is 169 Å². The maximum absolute atomic E-state index is 12.4. The molecule has 1 aliphatic rings. The smallest absolute Gasteiger partial charge is 0.311 e. The van der Waals surface area contributed by atoms with Gasteiger partial charge in [0.1, 0.15) is 5.75 Å². The fraction of sp³-hybridized carbons (Fsp3) is 0.318. The molecule has 1 saturated heterocycles. The Bertz CT molecular complexity index is 941. The van der Waals surface area contributed by atoms with E-state index in [1.54, 1.807) is 31.4 Å². The van der Waals surface area contributed by atoms with Crippen LogP contribution in [0.15, 0.2) is 42.5 Å². The minimum Gasteiger partial charge on any atom is -0.497 e. The molecule has 7 heteroatoms. The molecule has 1 fully saturated rings. The van der Waals surface area contributed by atoms with E-state index in [1.807, 2.05) is 32.0 Å². The molecular weight excluding hydrogens is 372 g/mol. The second-order valence-electron chi connectivity index (χ2n) is 7.08. The van der Waals surface area contributed by atoms with E-state index in [-0.39, 0.29) is 18.9 Å². The Morgan fingerprint density at radius 3 is 2.69 bits per heavy atom. The minimum atomic E-state index is -0.609. The Kier molecular flexibility index (Phi) is 6.16. The highest BCUT2D eigenvalue weighted by Crippen LogP contribution is 2.28. The average molecular weight is 396 g/mol. The molecule has 0 aliphatic carbocycles. The van der Waals surface area contributed by atoms with E-state index in [4.69, 9.17) is 9.47 Å². The number of benzene rings is 2. The van der Waals surface area contributed by atoms with Crippen LogP contribution in [-0.2, 0) is 19.1 Å². The van der Waals surface area contributed by atoms with Gasteiger partial charge in [-0.25, -0.2) is 0 Å². The SMILES string of the molecule is COc1cccc(N2C[C@@H](C(=O)OCC(=O)Nc3ccc(C)cc3C)CC2=O)c1. The predicted molar refractivity (Wildman–Crippen MR) is 109 cm³/mol. The molecule has 2 aromatic carbocycles. The van der Waals surface area contributed by atoms with Crippen molar-refractivity contribution in [1.29, 1.82) is 0 Å². The topological polar surface area (TPSA) is 84.9 Å². The molecule has 0 bridgehead atoms. The summed E-state index contributed by atoms with van der Waals surface area (Å²) in [7, 11) is 1.55. The van der Waals surface area contributed by atoms with Crippen LogP contribution in [0.1, 0.15) is 17.5 Å². The summed E-state index contributed by atoms with van der Waals surface area (Å²) < 4.78 is 10.3. The Balaban J connectivity index is 1.54. The third-order valence-electron chi connectivity index (χ3n) is 4.82. The molecule has 3 rings (SSSR count). The number of ether oxygens (including phenoxy) is 2. The van der Waals surface area contributed by atoms with Gasteiger partial charge < -0.3 is 19.7 Å². The van der Waals surface area contributed by atoms with Crippen LogP contribution >= 0.6 is 0 Å². The predicted octanol–water partition coefficient (Wildman–Crippen LogP) is 2.85. The molecule has 0 spiro atoms. The van der Waals surface area contributed by atoms with Gasteiger partial charge in [0, 0.05) is 30.4 Å². The first-order valence-electron chi connectivity index (χ1n) is 9.35. The van der Waals surface area contributed by atoms with E-state index in [0.717, 1.165) is 11.1 Å². The minimum absolute atomic E-state index is 0.0503. The Morgan fingerprint density at radius 1 is 1.17 bits per heavy atom. The van der Waals surface area contributed by atoms with Crippen LogP contribution in [0.5, 0.6) is 5.75 Å². The molecule has 7 nitrogen and oxygen atoms in total. The van der Waals surface area contributed by atoms with Gasteiger partial charge in [-0.15, -0.1) is 0 Å². The third-order valence-corrected chi connectivity index (χ3v) is 4.82. The van der Waals surface area contributed by atoms with E-state index < -0.39 is 24.4 Å². The van der Waals surface area contributed by atoms with Gasteiger partial charge in [0.25, 0.3) is 5.91 Å². The van der Waals surface area contributed by atoms with Crippen LogP contribution in [0.4, 0.5) is 11.4 Å². The lowest BCUT2D eigenvalue weighted by Crippen LogP contribution is -2.28. The van der Waals surface area contributed by atoms with Crippen LogP contribution < -0.4 is 15.0 Å². The number of anilines is 2.